The van der Waals surface area contributed by atoms with E-state index in [4.69, 9.17) is 9.47 Å². The van der Waals surface area contributed by atoms with Gasteiger partial charge in [-0.25, -0.2) is 0 Å². The zero-order chi connectivity index (χ0) is 28.1. The summed E-state index contributed by atoms with van der Waals surface area (Å²) in [6.45, 7) is 6.70. The molecular formula is C32H35N5O3. The van der Waals surface area contributed by atoms with E-state index in [1.807, 2.05) is 70.3 Å². The van der Waals surface area contributed by atoms with Gasteiger partial charge in [-0.1, -0.05) is 12.1 Å². The van der Waals surface area contributed by atoms with Crippen molar-refractivity contribution in [3.05, 3.63) is 107 Å². The Morgan fingerprint density at radius 2 is 1.27 bits per heavy atom. The van der Waals surface area contributed by atoms with Gasteiger partial charge < -0.3 is 9.47 Å². The first-order valence-corrected chi connectivity index (χ1v) is 13.4. The Morgan fingerprint density at radius 1 is 0.800 bits per heavy atom. The van der Waals surface area contributed by atoms with Crippen LogP contribution in [0.4, 0.5) is 0 Å². The minimum absolute atomic E-state index is 0.0748. The monoisotopic (exact) mass is 537 g/mol. The van der Waals surface area contributed by atoms with Gasteiger partial charge >= 0.3 is 0 Å². The molecular weight excluding hydrogens is 502 g/mol. The second-order valence-corrected chi connectivity index (χ2v) is 10.2. The first kappa shape index (κ1) is 27.1. The van der Waals surface area contributed by atoms with Gasteiger partial charge in [0.25, 0.3) is 0 Å². The number of ketones is 1. The summed E-state index contributed by atoms with van der Waals surface area (Å²) in [6, 6.07) is 16.1. The number of benzene rings is 2. The average Bonchev–Trinajstić information content (AvgIpc) is 3.66. The second kappa shape index (κ2) is 12.2. The van der Waals surface area contributed by atoms with E-state index in [1.165, 1.54) is 0 Å². The molecule has 3 heterocycles. The Morgan fingerprint density at radius 3 is 1.65 bits per heavy atom. The highest BCUT2D eigenvalue weighted by molar-refractivity contribution is 6.14. The number of carbonyl (C=O) groups is 1. The number of ether oxygens (including phenoxy) is 2. The molecule has 40 heavy (non-hydrogen) atoms. The third kappa shape index (κ3) is 6.24. The van der Waals surface area contributed by atoms with Gasteiger partial charge in [0, 0.05) is 66.2 Å². The molecule has 0 N–H and O–H groups in total. The number of piperidine rings is 1. The zero-order valence-electron chi connectivity index (χ0n) is 23.4. The molecule has 1 saturated heterocycles. The molecule has 1 aliphatic heterocycles. The summed E-state index contributed by atoms with van der Waals surface area (Å²) < 4.78 is 14.9. The Hall–Kier alpha value is -4.43. The molecule has 0 bridgehead atoms. The quantitative estimate of drug-likeness (QED) is 0.281. The van der Waals surface area contributed by atoms with Crippen molar-refractivity contribution in [3.63, 3.8) is 0 Å². The van der Waals surface area contributed by atoms with E-state index in [9.17, 15) is 4.79 Å². The van der Waals surface area contributed by atoms with Crippen LogP contribution in [-0.2, 0) is 17.9 Å². The van der Waals surface area contributed by atoms with Crippen LogP contribution >= 0.6 is 0 Å². The molecule has 0 radical (unpaired) electrons. The van der Waals surface area contributed by atoms with E-state index in [0.717, 1.165) is 44.9 Å². The topological polar surface area (TPSA) is 74.4 Å². The highest BCUT2D eigenvalue weighted by atomic mass is 16.5. The molecule has 0 unspecified atom stereocenters. The summed E-state index contributed by atoms with van der Waals surface area (Å²) >= 11 is 0. The highest BCUT2D eigenvalue weighted by Gasteiger charge is 2.27. The predicted octanol–water partition coefficient (Wildman–Crippen LogP) is 4.95. The van der Waals surface area contributed by atoms with Crippen LogP contribution < -0.4 is 9.47 Å². The number of methoxy groups -OCH3 is 2. The molecule has 0 saturated carbocycles. The minimum atomic E-state index is 0.0748. The van der Waals surface area contributed by atoms with Gasteiger partial charge in [-0.05, 0) is 73.5 Å². The van der Waals surface area contributed by atoms with Gasteiger partial charge in [-0.2, -0.15) is 10.2 Å². The van der Waals surface area contributed by atoms with Crippen LogP contribution in [0.3, 0.4) is 0 Å². The van der Waals surface area contributed by atoms with Crippen molar-refractivity contribution in [3.8, 4) is 11.5 Å². The number of hydrogen-bond acceptors (Lipinski definition) is 6. The Balaban J connectivity index is 1.47. The van der Waals surface area contributed by atoms with E-state index in [2.05, 4.69) is 41.1 Å². The van der Waals surface area contributed by atoms with Gasteiger partial charge in [0.1, 0.15) is 11.5 Å². The minimum Gasteiger partial charge on any atom is -0.496 e. The molecule has 5 rings (SSSR count). The van der Waals surface area contributed by atoms with Crippen molar-refractivity contribution >= 4 is 17.9 Å². The van der Waals surface area contributed by atoms with Crippen LogP contribution in [0.5, 0.6) is 11.5 Å². The van der Waals surface area contributed by atoms with Crippen LogP contribution in [0.2, 0.25) is 0 Å². The van der Waals surface area contributed by atoms with Gasteiger partial charge in [0.05, 0.1) is 27.3 Å². The zero-order valence-corrected chi connectivity index (χ0v) is 23.4. The van der Waals surface area contributed by atoms with Crippen LogP contribution in [-0.4, -0.2) is 63.6 Å². The van der Waals surface area contributed by atoms with Crippen LogP contribution in [0, 0.1) is 0 Å². The molecule has 0 spiro atoms. The summed E-state index contributed by atoms with van der Waals surface area (Å²) in [5.41, 5.74) is 5.47. The lowest BCUT2D eigenvalue weighted by atomic mass is 9.93. The fraction of sp³-hybridized carbons (Fsp3) is 0.281. The van der Waals surface area contributed by atoms with Crippen LogP contribution in [0.25, 0.3) is 12.2 Å². The summed E-state index contributed by atoms with van der Waals surface area (Å²) in [5, 5.41) is 8.65. The second-order valence-electron chi connectivity index (χ2n) is 10.2. The number of rotatable bonds is 9. The molecule has 1 aliphatic rings. The fourth-order valence-electron chi connectivity index (χ4n) is 4.99. The van der Waals surface area contributed by atoms with E-state index in [1.54, 1.807) is 26.6 Å². The predicted molar refractivity (Wildman–Crippen MR) is 156 cm³/mol. The molecule has 0 atom stereocenters. The van der Waals surface area contributed by atoms with Crippen molar-refractivity contribution in [2.24, 2.45) is 0 Å². The number of hydrogen-bond donors (Lipinski definition) is 0. The maximum absolute atomic E-state index is 13.8. The third-order valence-corrected chi connectivity index (χ3v) is 7.13. The molecule has 4 aromatic rings. The maximum atomic E-state index is 13.8. The Labute approximate surface area is 235 Å². The molecule has 206 valence electrons. The number of likely N-dealkylation sites (tertiary alicyclic amines) is 1. The van der Waals surface area contributed by atoms with E-state index < -0.39 is 0 Å². The average molecular weight is 538 g/mol. The third-order valence-electron chi connectivity index (χ3n) is 7.13. The van der Waals surface area contributed by atoms with E-state index in [0.29, 0.717) is 26.2 Å². The largest absolute Gasteiger partial charge is 0.496 e. The lowest BCUT2D eigenvalue weighted by Crippen LogP contribution is -2.41. The first-order chi connectivity index (χ1) is 19.4. The van der Waals surface area contributed by atoms with Crippen molar-refractivity contribution in [2.75, 3.05) is 27.3 Å². The van der Waals surface area contributed by atoms with Crippen LogP contribution in [0.15, 0.2) is 84.5 Å². The normalized spacial score (nSPS) is 16.3. The van der Waals surface area contributed by atoms with Gasteiger partial charge in [0.2, 0.25) is 0 Å². The van der Waals surface area contributed by atoms with Crippen molar-refractivity contribution in [1.29, 1.82) is 0 Å². The van der Waals surface area contributed by atoms with Crippen molar-refractivity contribution in [1.82, 2.24) is 24.5 Å². The summed E-state index contributed by atoms with van der Waals surface area (Å²) in [6.07, 6.45) is 11.4. The van der Waals surface area contributed by atoms with Crippen molar-refractivity contribution in [2.45, 2.75) is 33.0 Å². The Kier molecular flexibility index (Phi) is 8.26. The lowest BCUT2D eigenvalue weighted by Gasteiger charge is -2.33. The molecule has 0 aliphatic carbocycles. The van der Waals surface area contributed by atoms with Gasteiger partial charge in [-0.15, -0.1) is 0 Å². The molecule has 8 nitrogen and oxygen atoms in total. The van der Waals surface area contributed by atoms with E-state index in [-0.39, 0.29) is 11.8 Å². The lowest BCUT2D eigenvalue weighted by molar-refractivity contribution is -0.113. The summed E-state index contributed by atoms with van der Waals surface area (Å²) in [4.78, 5) is 16.1. The summed E-state index contributed by atoms with van der Waals surface area (Å²) in [5.74, 6) is 1.66. The first-order valence-electron chi connectivity index (χ1n) is 13.4. The molecule has 2 aromatic carbocycles. The Bertz CT molecular complexity index is 1410. The van der Waals surface area contributed by atoms with E-state index >= 15 is 0 Å². The number of carbonyl (C=O) groups excluding carboxylic acids is 1. The van der Waals surface area contributed by atoms with Crippen molar-refractivity contribution < 1.29 is 14.3 Å². The molecule has 1 fully saturated rings. The van der Waals surface area contributed by atoms with Crippen LogP contribution in [0.1, 0.15) is 36.1 Å². The number of nitrogens with zero attached hydrogens (tertiary/aromatic N) is 5. The van der Waals surface area contributed by atoms with Gasteiger partial charge in [-0.3, -0.25) is 19.1 Å². The SMILES string of the molecule is COc1ccc(C=C2CN(C(C)C)CC(=Cc3ccc(OC)c(Cn4cccn4)c3)C2=O)cc1Cn1cccn1. The maximum Gasteiger partial charge on any atom is 0.187 e. The number of aromatic nitrogens is 4. The van der Waals surface area contributed by atoms with Gasteiger partial charge in [0.15, 0.2) is 5.78 Å². The molecule has 8 heteroatoms. The fourth-order valence-corrected chi connectivity index (χ4v) is 4.99. The summed E-state index contributed by atoms with van der Waals surface area (Å²) in [7, 11) is 3.34. The molecule has 0 amide bonds. The molecule has 2 aromatic heterocycles. The highest BCUT2D eigenvalue weighted by Crippen LogP contribution is 2.28. The smallest absolute Gasteiger partial charge is 0.187 e. The number of Topliss-reactive ketones (excluding diaryl/α,β-unsaturated/α-hetero) is 1. The standard InChI is InChI=1S/C32H35N5O3/c1-23(2)35-19-28(17-24-7-9-30(39-3)26(15-24)21-36-13-5-11-33-36)32(38)29(20-35)18-25-8-10-31(40-4)27(16-25)22-37-14-6-12-34-37/h5-18,23H,19-22H2,1-4H3.